The van der Waals surface area contributed by atoms with Crippen molar-refractivity contribution < 1.29 is 0 Å². The first-order valence-corrected chi connectivity index (χ1v) is 8.18. The molecular weight excluding hydrogens is 288 g/mol. The van der Waals surface area contributed by atoms with Gasteiger partial charge in [0.05, 0.1) is 5.52 Å². The van der Waals surface area contributed by atoms with Crippen molar-refractivity contribution in [2.75, 3.05) is 11.9 Å². The van der Waals surface area contributed by atoms with Crippen LogP contribution >= 0.6 is 23.1 Å². The van der Waals surface area contributed by atoms with Gasteiger partial charge in [0.1, 0.15) is 11.4 Å². The number of benzene rings is 1. The van der Waals surface area contributed by atoms with Gasteiger partial charge in [0.25, 0.3) is 0 Å². The SMILES string of the molecule is CCNc1ncc(CSc2ncnc3ccccc23)s1. The number of thiazole rings is 1. The molecule has 0 saturated heterocycles. The average Bonchev–Trinajstić information content (AvgIpc) is 2.93. The van der Waals surface area contributed by atoms with E-state index in [1.54, 1.807) is 29.4 Å². The first-order valence-electron chi connectivity index (χ1n) is 6.38. The quantitative estimate of drug-likeness (QED) is 0.573. The summed E-state index contributed by atoms with van der Waals surface area (Å²) in [4.78, 5) is 14.3. The van der Waals surface area contributed by atoms with Crippen LogP contribution in [0.4, 0.5) is 5.13 Å². The molecule has 2 heterocycles. The molecule has 0 aliphatic rings. The van der Waals surface area contributed by atoms with E-state index in [1.165, 1.54) is 4.88 Å². The number of rotatable bonds is 5. The van der Waals surface area contributed by atoms with Crippen LogP contribution in [0.15, 0.2) is 41.8 Å². The number of nitrogens with one attached hydrogen (secondary N) is 1. The molecule has 0 saturated carbocycles. The Morgan fingerprint density at radius 2 is 2.10 bits per heavy atom. The molecule has 0 fully saturated rings. The maximum Gasteiger partial charge on any atom is 0.182 e. The van der Waals surface area contributed by atoms with Gasteiger partial charge in [-0.1, -0.05) is 30.0 Å². The van der Waals surface area contributed by atoms with Gasteiger partial charge in [-0.3, -0.25) is 0 Å². The lowest BCUT2D eigenvalue weighted by Crippen LogP contribution is -1.94. The summed E-state index contributed by atoms with van der Waals surface area (Å²) < 4.78 is 0. The van der Waals surface area contributed by atoms with Gasteiger partial charge < -0.3 is 5.32 Å². The van der Waals surface area contributed by atoms with Crippen LogP contribution in [0.2, 0.25) is 0 Å². The number of para-hydroxylation sites is 1. The molecule has 3 rings (SSSR count). The zero-order valence-electron chi connectivity index (χ0n) is 11.0. The summed E-state index contributed by atoms with van der Waals surface area (Å²) >= 11 is 3.42. The molecule has 6 heteroatoms. The van der Waals surface area contributed by atoms with E-state index in [4.69, 9.17) is 0 Å². The monoisotopic (exact) mass is 302 g/mol. The molecule has 20 heavy (non-hydrogen) atoms. The standard InChI is InChI=1S/C14H14N4S2/c1-2-15-14-16-7-10(20-14)8-19-13-11-5-3-4-6-12(11)17-9-18-13/h3-7,9H,2,8H2,1H3,(H,15,16). The van der Waals surface area contributed by atoms with E-state index >= 15 is 0 Å². The topological polar surface area (TPSA) is 50.7 Å². The maximum absolute atomic E-state index is 4.39. The molecule has 2 aromatic heterocycles. The number of fused-ring (bicyclic) bond motifs is 1. The van der Waals surface area contributed by atoms with Gasteiger partial charge in [-0.25, -0.2) is 15.0 Å². The maximum atomic E-state index is 4.39. The molecule has 1 aromatic carbocycles. The molecular formula is C14H14N4S2. The largest absolute Gasteiger partial charge is 0.362 e. The average molecular weight is 302 g/mol. The molecule has 4 nitrogen and oxygen atoms in total. The first kappa shape index (κ1) is 13.3. The van der Waals surface area contributed by atoms with Crippen LogP contribution in [-0.4, -0.2) is 21.5 Å². The van der Waals surface area contributed by atoms with Crippen molar-refractivity contribution in [3.63, 3.8) is 0 Å². The summed E-state index contributed by atoms with van der Waals surface area (Å²) in [5.74, 6) is 0.879. The molecule has 0 aliphatic heterocycles. The summed E-state index contributed by atoms with van der Waals surface area (Å²) in [5.41, 5.74) is 0.989. The van der Waals surface area contributed by atoms with Crippen molar-refractivity contribution >= 4 is 39.1 Å². The fourth-order valence-electron chi connectivity index (χ4n) is 1.84. The van der Waals surface area contributed by atoms with E-state index in [-0.39, 0.29) is 0 Å². The molecule has 102 valence electrons. The minimum Gasteiger partial charge on any atom is -0.362 e. The molecule has 0 bridgehead atoms. The number of hydrogen-bond donors (Lipinski definition) is 1. The Hall–Kier alpha value is -1.66. The predicted octanol–water partition coefficient (Wildman–Crippen LogP) is 3.81. The number of aromatic nitrogens is 3. The third-order valence-electron chi connectivity index (χ3n) is 2.74. The highest BCUT2D eigenvalue weighted by molar-refractivity contribution is 7.98. The van der Waals surface area contributed by atoms with Crippen molar-refractivity contribution in [3.05, 3.63) is 41.7 Å². The number of nitrogens with zero attached hydrogens (tertiary/aromatic N) is 3. The van der Waals surface area contributed by atoms with Crippen molar-refractivity contribution in [2.24, 2.45) is 0 Å². The molecule has 3 aromatic rings. The van der Waals surface area contributed by atoms with Crippen molar-refractivity contribution in [1.82, 2.24) is 15.0 Å². The number of hydrogen-bond acceptors (Lipinski definition) is 6. The summed E-state index contributed by atoms with van der Waals surface area (Å²) in [5, 5.41) is 6.34. The van der Waals surface area contributed by atoms with E-state index < -0.39 is 0 Å². The Kier molecular flexibility index (Phi) is 4.13. The number of thioether (sulfide) groups is 1. The Labute approximate surface area is 125 Å². The van der Waals surface area contributed by atoms with Gasteiger partial charge in [-0.15, -0.1) is 11.3 Å². The van der Waals surface area contributed by atoms with Crippen LogP contribution in [-0.2, 0) is 5.75 Å². The lowest BCUT2D eigenvalue weighted by atomic mass is 10.2. The second kappa shape index (κ2) is 6.19. The Morgan fingerprint density at radius 1 is 1.20 bits per heavy atom. The van der Waals surface area contributed by atoms with Gasteiger partial charge in [0, 0.05) is 28.8 Å². The van der Waals surface area contributed by atoms with Gasteiger partial charge in [-0.05, 0) is 13.0 Å². The lowest BCUT2D eigenvalue weighted by molar-refractivity contribution is 1.10. The molecule has 1 N–H and O–H groups in total. The second-order valence-corrected chi connectivity index (χ2v) is 6.23. The summed E-state index contributed by atoms with van der Waals surface area (Å²) in [6.45, 7) is 2.97. The van der Waals surface area contributed by atoms with Crippen molar-refractivity contribution in [1.29, 1.82) is 0 Å². The zero-order valence-corrected chi connectivity index (χ0v) is 12.7. The van der Waals surface area contributed by atoms with E-state index in [2.05, 4.69) is 33.3 Å². The molecule has 0 radical (unpaired) electrons. The van der Waals surface area contributed by atoms with Crippen LogP contribution in [0.5, 0.6) is 0 Å². The Morgan fingerprint density at radius 3 is 3.00 bits per heavy atom. The van der Waals surface area contributed by atoms with Gasteiger partial charge in [-0.2, -0.15) is 0 Å². The molecule has 0 unspecified atom stereocenters. The van der Waals surface area contributed by atoms with Crippen LogP contribution in [0.25, 0.3) is 10.9 Å². The van der Waals surface area contributed by atoms with Gasteiger partial charge in [0.2, 0.25) is 0 Å². The first-order chi connectivity index (χ1) is 9.86. The summed E-state index contributed by atoms with van der Waals surface area (Å²) in [7, 11) is 0. The van der Waals surface area contributed by atoms with Crippen molar-refractivity contribution in [3.8, 4) is 0 Å². The second-order valence-electron chi connectivity index (χ2n) is 4.15. The number of anilines is 1. The highest BCUT2D eigenvalue weighted by Gasteiger charge is 2.06. The van der Waals surface area contributed by atoms with Crippen LogP contribution < -0.4 is 5.32 Å². The van der Waals surface area contributed by atoms with Gasteiger partial charge >= 0.3 is 0 Å². The predicted molar refractivity (Wildman–Crippen MR) is 85.4 cm³/mol. The Bertz CT molecular complexity index is 706. The van der Waals surface area contributed by atoms with Crippen LogP contribution in [0.3, 0.4) is 0 Å². The van der Waals surface area contributed by atoms with E-state index in [1.807, 2.05) is 24.4 Å². The normalized spacial score (nSPS) is 10.8. The molecule has 0 aliphatic carbocycles. The lowest BCUT2D eigenvalue weighted by Gasteiger charge is -2.03. The minimum absolute atomic E-state index is 0.879. The third-order valence-corrected chi connectivity index (χ3v) is 4.93. The smallest absolute Gasteiger partial charge is 0.182 e. The molecule has 0 spiro atoms. The van der Waals surface area contributed by atoms with E-state index in [0.29, 0.717) is 0 Å². The van der Waals surface area contributed by atoms with Crippen LogP contribution in [0, 0.1) is 0 Å². The summed E-state index contributed by atoms with van der Waals surface area (Å²) in [6.07, 6.45) is 3.56. The highest BCUT2D eigenvalue weighted by atomic mass is 32.2. The van der Waals surface area contributed by atoms with E-state index in [0.717, 1.165) is 33.4 Å². The van der Waals surface area contributed by atoms with Crippen LogP contribution in [0.1, 0.15) is 11.8 Å². The minimum atomic E-state index is 0.879. The van der Waals surface area contributed by atoms with Gasteiger partial charge in [0.15, 0.2) is 5.13 Å². The summed E-state index contributed by atoms with van der Waals surface area (Å²) in [6, 6.07) is 8.09. The van der Waals surface area contributed by atoms with Crippen molar-refractivity contribution in [2.45, 2.75) is 17.7 Å². The molecule has 0 amide bonds. The van der Waals surface area contributed by atoms with E-state index in [9.17, 15) is 0 Å². The molecule has 0 atom stereocenters. The fourth-order valence-corrected chi connectivity index (χ4v) is 3.73. The highest BCUT2D eigenvalue weighted by Crippen LogP contribution is 2.29. The zero-order chi connectivity index (χ0) is 13.8. The fraction of sp³-hybridized carbons (Fsp3) is 0.214. The Balaban J connectivity index is 1.76. The third kappa shape index (κ3) is 2.91.